The second kappa shape index (κ2) is 8.26. The Kier molecular flexibility index (Phi) is 5.76. The number of anilines is 1. The van der Waals surface area contributed by atoms with Crippen LogP contribution in [0.25, 0.3) is 10.9 Å². The van der Waals surface area contributed by atoms with Gasteiger partial charge in [0.1, 0.15) is 5.82 Å². The first-order valence-corrected chi connectivity index (χ1v) is 9.13. The van der Waals surface area contributed by atoms with Gasteiger partial charge in [0.2, 0.25) is 11.5 Å². The van der Waals surface area contributed by atoms with E-state index in [2.05, 4.69) is 15.4 Å². The van der Waals surface area contributed by atoms with E-state index in [0.717, 1.165) is 6.07 Å². The second-order valence-electron chi connectivity index (χ2n) is 7.03. The van der Waals surface area contributed by atoms with Crippen LogP contribution in [0.1, 0.15) is 28.8 Å². The molecular formula is C20H22FN5O3. The first-order valence-electron chi connectivity index (χ1n) is 9.13. The number of hydrogen-bond acceptors (Lipinski definition) is 4. The molecule has 2 heterocycles. The molecule has 0 aliphatic rings. The monoisotopic (exact) mass is 399 g/mol. The summed E-state index contributed by atoms with van der Waals surface area (Å²) in [5.41, 5.74) is 0.121. The third-order valence-corrected chi connectivity index (χ3v) is 4.45. The number of fused-ring (bicyclic) bond motifs is 1. The number of aromatic nitrogens is 3. The van der Waals surface area contributed by atoms with Crippen molar-refractivity contribution in [2.24, 2.45) is 0 Å². The lowest BCUT2D eigenvalue weighted by molar-refractivity contribution is -0.128. The highest BCUT2D eigenvalue weighted by molar-refractivity contribution is 6.12. The lowest BCUT2D eigenvalue weighted by atomic mass is 10.1. The van der Waals surface area contributed by atoms with E-state index in [4.69, 9.17) is 0 Å². The van der Waals surface area contributed by atoms with Crippen LogP contribution in [0.2, 0.25) is 0 Å². The van der Waals surface area contributed by atoms with Crippen LogP contribution in [0, 0.1) is 12.7 Å². The van der Waals surface area contributed by atoms with Crippen LogP contribution in [0.4, 0.5) is 10.2 Å². The van der Waals surface area contributed by atoms with E-state index in [0.29, 0.717) is 36.2 Å². The Bertz CT molecular complexity index is 1130. The molecule has 8 nitrogen and oxygen atoms in total. The maximum absolute atomic E-state index is 14.2. The molecule has 0 aliphatic carbocycles. The summed E-state index contributed by atoms with van der Waals surface area (Å²) >= 11 is 0. The number of rotatable bonds is 6. The minimum absolute atomic E-state index is 0.00987. The van der Waals surface area contributed by atoms with Crippen molar-refractivity contribution in [3.8, 4) is 0 Å². The number of pyridine rings is 1. The normalized spacial score (nSPS) is 10.9. The Morgan fingerprint density at radius 1 is 1.28 bits per heavy atom. The van der Waals surface area contributed by atoms with E-state index < -0.39 is 17.3 Å². The minimum Gasteiger partial charge on any atom is -0.349 e. The molecule has 9 heteroatoms. The summed E-state index contributed by atoms with van der Waals surface area (Å²) in [5, 5.41) is 7.21. The van der Waals surface area contributed by atoms with Crippen LogP contribution < -0.4 is 10.9 Å². The average molecular weight is 399 g/mol. The number of nitrogens with one attached hydrogen (secondary N) is 2. The molecule has 0 radical (unpaired) electrons. The molecule has 0 unspecified atom stereocenters. The molecule has 0 fully saturated rings. The van der Waals surface area contributed by atoms with Crippen LogP contribution in [-0.2, 0) is 11.3 Å². The van der Waals surface area contributed by atoms with Crippen LogP contribution in [0.3, 0.4) is 0 Å². The zero-order chi connectivity index (χ0) is 21.1. The predicted molar refractivity (Wildman–Crippen MR) is 107 cm³/mol. The van der Waals surface area contributed by atoms with Crippen molar-refractivity contribution in [3.05, 3.63) is 57.8 Å². The third kappa shape index (κ3) is 4.68. The van der Waals surface area contributed by atoms with Crippen molar-refractivity contribution >= 4 is 28.5 Å². The molecule has 0 bridgehead atoms. The van der Waals surface area contributed by atoms with Crippen LogP contribution in [0.15, 0.2) is 35.3 Å². The van der Waals surface area contributed by atoms with Gasteiger partial charge in [-0.3, -0.25) is 19.1 Å². The van der Waals surface area contributed by atoms with Gasteiger partial charge in [0.15, 0.2) is 5.82 Å². The highest BCUT2D eigenvalue weighted by Gasteiger charge is 2.16. The van der Waals surface area contributed by atoms with E-state index >= 15 is 0 Å². The van der Waals surface area contributed by atoms with E-state index in [1.165, 1.54) is 11.0 Å². The number of aryl methyl sites for hydroxylation is 2. The van der Waals surface area contributed by atoms with Crippen molar-refractivity contribution in [1.29, 1.82) is 0 Å². The van der Waals surface area contributed by atoms with Crippen molar-refractivity contribution in [2.75, 3.05) is 19.4 Å². The topological polar surface area (TPSA) is 100 Å². The van der Waals surface area contributed by atoms with Crippen molar-refractivity contribution in [1.82, 2.24) is 19.7 Å². The lowest BCUT2D eigenvalue weighted by Crippen LogP contribution is -2.21. The molecule has 2 aromatic heterocycles. The number of halogens is 1. The smallest absolute Gasteiger partial charge is 0.257 e. The zero-order valence-corrected chi connectivity index (χ0v) is 16.5. The van der Waals surface area contributed by atoms with Gasteiger partial charge in [-0.25, -0.2) is 4.39 Å². The lowest BCUT2D eigenvalue weighted by Gasteiger charge is -2.09. The van der Waals surface area contributed by atoms with Crippen molar-refractivity contribution < 1.29 is 14.0 Å². The Morgan fingerprint density at radius 2 is 2.03 bits per heavy atom. The number of aromatic amines is 1. The number of carbonyl (C=O) groups excluding carboxylic acids is 2. The van der Waals surface area contributed by atoms with E-state index in [9.17, 15) is 18.8 Å². The average Bonchev–Trinajstić information content (AvgIpc) is 3.08. The molecule has 3 aromatic rings. The Balaban J connectivity index is 1.75. The molecule has 0 atom stereocenters. The summed E-state index contributed by atoms with van der Waals surface area (Å²) in [6, 6.07) is 5.69. The summed E-state index contributed by atoms with van der Waals surface area (Å²) in [6.07, 6.45) is 2.71. The summed E-state index contributed by atoms with van der Waals surface area (Å²) in [5.74, 6) is -0.813. The van der Waals surface area contributed by atoms with Gasteiger partial charge in [-0.05, 0) is 31.0 Å². The molecule has 29 heavy (non-hydrogen) atoms. The van der Waals surface area contributed by atoms with E-state index in [1.807, 2.05) is 0 Å². The molecular weight excluding hydrogens is 377 g/mol. The van der Waals surface area contributed by atoms with Gasteiger partial charge in [0.25, 0.3) is 5.91 Å². The second-order valence-corrected chi connectivity index (χ2v) is 7.03. The largest absolute Gasteiger partial charge is 0.349 e. The van der Waals surface area contributed by atoms with Gasteiger partial charge in [0, 0.05) is 50.8 Å². The molecule has 2 amide bonds. The highest BCUT2D eigenvalue weighted by Crippen LogP contribution is 2.21. The molecule has 0 aliphatic heterocycles. The fourth-order valence-corrected chi connectivity index (χ4v) is 2.99. The molecule has 1 aromatic carbocycles. The molecule has 152 valence electrons. The number of carbonyl (C=O) groups is 2. The fourth-order valence-electron chi connectivity index (χ4n) is 2.99. The van der Waals surface area contributed by atoms with Gasteiger partial charge in [-0.2, -0.15) is 5.10 Å². The molecule has 2 N–H and O–H groups in total. The summed E-state index contributed by atoms with van der Waals surface area (Å²) in [4.78, 5) is 40.1. The van der Waals surface area contributed by atoms with Gasteiger partial charge < -0.3 is 15.2 Å². The first-order chi connectivity index (χ1) is 13.7. The Morgan fingerprint density at radius 3 is 2.76 bits per heavy atom. The van der Waals surface area contributed by atoms with Crippen molar-refractivity contribution in [3.63, 3.8) is 0 Å². The SMILES string of the molecule is Cc1cc(F)c2[nH]c(=O)cc(C(=O)Nc3ccn(CCCC(=O)N(C)C)n3)c2c1. The maximum atomic E-state index is 14.2. The van der Waals surface area contributed by atoms with E-state index in [-0.39, 0.29) is 17.0 Å². The molecule has 0 spiro atoms. The minimum atomic E-state index is -0.594. The molecule has 0 saturated heterocycles. The van der Waals surface area contributed by atoms with E-state index in [1.54, 1.807) is 44.0 Å². The van der Waals surface area contributed by atoms with Crippen LogP contribution in [0.5, 0.6) is 0 Å². The number of nitrogens with zero attached hydrogens (tertiary/aromatic N) is 3. The highest BCUT2D eigenvalue weighted by atomic mass is 19.1. The number of benzene rings is 1. The Hall–Kier alpha value is -3.49. The standard InChI is InChI=1S/C20H22FN5O3/c1-12-9-13-14(11-17(27)23-19(13)15(21)10-12)20(29)22-16-6-8-26(24-16)7-4-5-18(28)25(2)3/h6,8-11H,4-5,7H2,1-3H3,(H,23,27)(H,22,24,29). The van der Waals surface area contributed by atoms with Gasteiger partial charge in [0.05, 0.1) is 11.1 Å². The van der Waals surface area contributed by atoms with Crippen LogP contribution in [-0.4, -0.2) is 45.6 Å². The maximum Gasteiger partial charge on any atom is 0.257 e. The predicted octanol–water partition coefficient (Wildman–Crippen LogP) is 2.29. The number of H-pyrrole nitrogens is 1. The van der Waals surface area contributed by atoms with Crippen molar-refractivity contribution in [2.45, 2.75) is 26.3 Å². The molecule has 0 saturated carbocycles. The summed E-state index contributed by atoms with van der Waals surface area (Å²) in [6.45, 7) is 2.23. The summed E-state index contributed by atoms with van der Waals surface area (Å²) in [7, 11) is 3.41. The van der Waals surface area contributed by atoms with Gasteiger partial charge >= 0.3 is 0 Å². The fraction of sp³-hybridized carbons (Fsp3) is 0.300. The first kappa shape index (κ1) is 20.2. The van der Waals surface area contributed by atoms with Gasteiger partial charge in [-0.15, -0.1) is 0 Å². The van der Waals surface area contributed by atoms with Gasteiger partial charge in [-0.1, -0.05) is 0 Å². The van der Waals surface area contributed by atoms with Crippen LogP contribution >= 0.6 is 0 Å². The quantitative estimate of drug-likeness (QED) is 0.664. The Labute approximate surface area is 166 Å². The number of hydrogen-bond donors (Lipinski definition) is 2. The summed E-state index contributed by atoms with van der Waals surface area (Å²) < 4.78 is 15.8. The zero-order valence-electron chi connectivity index (χ0n) is 16.5. The third-order valence-electron chi connectivity index (χ3n) is 4.45. The molecule has 3 rings (SSSR count). The number of amides is 2.